The van der Waals surface area contributed by atoms with Crippen molar-refractivity contribution in [3.8, 4) is 11.6 Å². The standard InChI is InChI=1S/C20H26N4O2/c1-6-7-8-9-26-19-16-18(21-15(5)22-19)24(20(25)23-16)17-13(3)10-12(2)11-14(17)4/h10-11H,6-9H2,1-5H3,(H,23,25). The van der Waals surface area contributed by atoms with Gasteiger partial charge in [-0.1, -0.05) is 37.5 Å². The second-order valence-electron chi connectivity index (χ2n) is 6.84. The largest absolute Gasteiger partial charge is 0.476 e. The van der Waals surface area contributed by atoms with E-state index in [1.165, 1.54) is 5.56 Å². The van der Waals surface area contributed by atoms with Crippen molar-refractivity contribution >= 4 is 11.2 Å². The SMILES string of the molecule is CCCCCOc1nc(C)nc2c1[nH]c(=O)n2-c1c(C)cc(C)cc1C. The Morgan fingerprint density at radius 3 is 2.42 bits per heavy atom. The molecule has 0 aliphatic rings. The fourth-order valence-electron chi connectivity index (χ4n) is 3.42. The number of aryl methyl sites for hydroxylation is 4. The van der Waals surface area contributed by atoms with E-state index in [-0.39, 0.29) is 5.69 Å². The maximum absolute atomic E-state index is 12.8. The summed E-state index contributed by atoms with van der Waals surface area (Å²) in [6, 6.07) is 4.15. The second-order valence-corrected chi connectivity index (χ2v) is 6.84. The third-order valence-electron chi connectivity index (χ3n) is 4.46. The summed E-state index contributed by atoms with van der Waals surface area (Å²) in [6.07, 6.45) is 3.19. The molecule has 3 rings (SSSR count). The molecular weight excluding hydrogens is 328 g/mol. The Morgan fingerprint density at radius 1 is 1.08 bits per heavy atom. The number of hydrogen-bond acceptors (Lipinski definition) is 4. The van der Waals surface area contributed by atoms with Crippen molar-refractivity contribution in [3.05, 3.63) is 45.1 Å². The highest BCUT2D eigenvalue weighted by Crippen LogP contribution is 2.26. The van der Waals surface area contributed by atoms with Crippen LogP contribution in [0.5, 0.6) is 5.88 Å². The summed E-state index contributed by atoms with van der Waals surface area (Å²) in [7, 11) is 0. The van der Waals surface area contributed by atoms with Gasteiger partial charge in [-0.15, -0.1) is 0 Å². The lowest BCUT2D eigenvalue weighted by atomic mass is 10.1. The Morgan fingerprint density at radius 2 is 1.77 bits per heavy atom. The first-order valence-corrected chi connectivity index (χ1v) is 9.12. The van der Waals surface area contributed by atoms with Crippen LogP contribution in [0, 0.1) is 27.7 Å². The maximum Gasteiger partial charge on any atom is 0.332 e. The minimum Gasteiger partial charge on any atom is -0.476 e. The van der Waals surface area contributed by atoms with Crippen LogP contribution >= 0.6 is 0 Å². The summed E-state index contributed by atoms with van der Waals surface area (Å²) in [5.41, 5.74) is 4.98. The average Bonchev–Trinajstić information content (AvgIpc) is 2.87. The second kappa shape index (κ2) is 7.32. The molecule has 0 spiro atoms. The van der Waals surface area contributed by atoms with Gasteiger partial charge in [0, 0.05) is 0 Å². The minimum absolute atomic E-state index is 0.228. The van der Waals surface area contributed by atoms with E-state index in [9.17, 15) is 4.79 Å². The van der Waals surface area contributed by atoms with Gasteiger partial charge < -0.3 is 4.74 Å². The molecule has 0 bridgehead atoms. The van der Waals surface area contributed by atoms with Crippen LogP contribution in [0.1, 0.15) is 48.7 Å². The molecule has 3 aromatic rings. The van der Waals surface area contributed by atoms with E-state index >= 15 is 0 Å². The lowest BCUT2D eigenvalue weighted by molar-refractivity contribution is 0.297. The van der Waals surface area contributed by atoms with Crippen LogP contribution in [-0.2, 0) is 0 Å². The summed E-state index contributed by atoms with van der Waals surface area (Å²) in [4.78, 5) is 24.6. The zero-order valence-corrected chi connectivity index (χ0v) is 16.1. The fraction of sp³-hybridized carbons (Fsp3) is 0.450. The average molecular weight is 354 g/mol. The Bertz CT molecular complexity index is 978. The smallest absolute Gasteiger partial charge is 0.332 e. The third-order valence-corrected chi connectivity index (χ3v) is 4.46. The van der Waals surface area contributed by atoms with Gasteiger partial charge in [-0.25, -0.2) is 14.3 Å². The quantitative estimate of drug-likeness (QED) is 0.681. The number of nitrogens with zero attached hydrogens (tertiary/aromatic N) is 3. The topological polar surface area (TPSA) is 72.8 Å². The molecule has 6 heteroatoms. The van der Waals surface area contributed by atoms with Gasteiger partial charge in [0.05, 0.1) is 12.3 Å². The van der Waals surface area contributed by atoms with Gasteiger partial charge in [0.1, 0.15) is 11.3 Å². The van der Waals surface area contributed by atoms with Gasteiger partial charge in [0.15, 0.2) is 5.65 Å². The summed E-state index contributed by atoms with van der Waals surface area (Å²) >= 11 is 0. The molecule has 1 N–H and O–H groups in total. The van der Waals surface area contributed by atoms with Crippen molar-refractivity contribution in [1.29, 1.82) is 0 Å². The molecule has 0 fully saturated rings. The predicted octanol–water partition coefficient (Wildman–Crippen LogP) is 3.91. The highest BCUT2D eigenvalue weighted by Gasteiger charge is 2.19. The number of aromatic nitrogens is 4. The monoisotopic (exact) mass is 354 g/mol. The molecule has 2 aromatic heterocycles. The zero-order chi connectivity index (χ0) is 18.8. The van der Waals surface area contributed by atoms with Crippen molar-refractivity contribution < 1.29 is 4.74 Å². The maximum atomic E-state index is 12.8. The van der Waals surface area contributed by atoms with E-state index in [0.717, 1.165) is 36.1 Å². The van der Waals surface area contributed by atoms with Crippen LogP contribution in [0.15, 0.2) is 16.9 Å². The molecule has 0 saturated carbocycles. The number of unbranched alkanes of at least 4 members (excludes halogenated alkanes) is 2. The van der Waals surface area contributed by atoms with Crippen molar-refractivity contribution in [3.63, 3.8) is 0 Å². The number of rotatable bonds is 6. The van der Waals surface area contributed by atoms with E-state index in [1.807, 2.05) is 20.8 Å². The van der Waals surface area contributed by atoms with Crippen LogP contribution in [0.2, 0.25) is 0 Å². The number of imidazole rings is 1. The molecule has 0 radical (unpaired) electrons. The molecule has 0 unspecified atom stereocenters. The van der Waals surface area contributed by atoms with Gasteiger partial charge in [0.2, 0.25) is 5.88 Å². The lowest BCUT2D eigenvalue weighted by Crippen LogP contribution is -2.17. The number of aromatic amines is 1. The van der Waals surface area contributed by atoms with Crippen molar-refractivity contribution in [1.82, 2.24) is 19.5 Å². The number of benzene rings is 1. The normalized spacial score (nSPS) is 11.3. The Hall–Kier alpha value is -2.63. The van der Waals surface area contributed by atoms with Gasteiger partial charge in [0.25, 0.3) is 0 Å². The first kappa shape index (κ1) is 18.2. The van der Waals surface area contributed by atoms with Crippen molar-refractivity contribution in [2.75, 3.05) is 6.61 Å². The molecule has 0 aliphatic carbocycles. The summed E-state index contributed by atoms with van der Waals surface area (Å²) in [6.45, 7) is 10.6. The van der Waals surface area contributed by atoms with Crippen LogP contribution in [-0.4, -0.2) is 26.1 Å². The van der Waals surface area contributed by atoms with E-state index < -0.39 is 0 Å². The van der Waals surface area contributed by atoms with Crippen molar-refractivity contribution in [2.24, 2.45) is 0 Å². The predicted molar refractivity (Wildman–Crippen MR) is 103 cm³/mol. The molecule has 6 nitrogen and oxygen atoms in total. The van der Waals surface area contributed by atoms with Crippen LogP contribution < -0.4 is 10.4 Å². The number of H-pyrrole nitrogens is 1. The zero-order valence-electron chi connectivity index (χ0n) is 16.1. The molecule has 0 aliphatic heterocycles. The van der Waals surface area contributed by atoms with Crippen molar-refractivity contribution in [2.45, 2.75) is 53.9 Å². The van der Waals surface area contributed by atoms with Crippen LogP contribution in [0.25, 0.3) is 16.9 Å². The Labute approximate surface area is 153 Å². The number of hydrogen-bond donors (Lipinski definition) is 1. The molecule has 138 valence electrons. The highest BCUT2D eigenvalue weighted by atomic mass is 16.5. The van der Waals surface area contributed by atoms with Gasteiger partial charge in [-0.05, 0) is 45.2 Å². The number of nitrogens with one attached hydrogen (secondary N) is 1. The van der Waals surface area contributed by atoms with Gasteiger partial charge in [-0.3, -0.25) is 4.98 Å². The third kappa shape index (κ3) is 3.36. The Balaban J connectivity index is 2.15. The van der Waals surface area contributed by atoms with E-state index in [4.69, 9.17) is 4.74 Å². The lowest BCUT2D eigenvalue weighted by Gasteiger charge is -2.12. The molecular formula is C20H26N4O2. The molecule has 0 atom stereocenters. The molecule has 26 heavy (non-hydrogen) atoms. The van der Waals surface area contributed by atoms with E-state index in [2.05, 4.69) is 40.9 Å². The molecule has 2 heterocycles. The molecule has 1 aromatic carbocycles. The summed E-state index contributed by atoms with van der Waals surface area (Å²) < 4.78 is 7.48. The number of fused-ring (bicyclic) bond motifs is 1. The minimum atomic E-state index is -0.228. The molecule has 0 amide bonds. The first-order chi connectivity index (χ1) is 12.4. The van der Waals surface area contributed by atoms with Crippen LogP contribution in [0.4, 0.5) is 0 Å². The fourth-order valence-corrected chi connectivity index (χ4v) is 3.42. The summed E-state index contributed by atoms with van der Waals surface area (Å²) in [5, 5.41) is 0. The van der Waals surface area contributed by atoms with E-state index in [1.54, 1.807) is 4.57 Å². The van der Waals surface area contributed by atoms with Gasteiger partial charge >= 0.3 is 5.69 Å². The highest BCUT2D eigenvalue weighted by molar-refractivity contribution is 5.78. The first-order valence-electron chi connectivity index (χ1n) is 9.12. The molecule has 0 saturated heterocycles. The van der Waals surface area contributed by atoms with Gasteiger partial charge in [-0.2, -0.15) is 4.98 Å². The van der Waals surface area contributed by atoms with E-state index in [0.29, 0.717) is 29.5 Å². The number of ether oxygens (including phenoxy) is 1. The Kier molecular flexibility index (Phi) is 5.11. The van der Waals surface area contributed by atoms with Crippen LogP contribution in [0.3, 0.4) is 0 Å². The summed E-state index contributed by atoms with van der Waals surface area (Å²) in [5.74, 6) is 1.03.